The number of phenols is 1. The second kappa shape index (κ2) is 12.9. The van der Waals surface area contributed by atoms with Gasteiger partial charge in [0, 0.05) is 22.1 Å². The first-order valence-corrected chi connectivity index (χ1v) is 15.0. The third-order valence-corrected chi connectivity index (χ3v) is 6.42. The monoisotopic (exact) mass is 510 g/mol. The molecule has 0 aliphatic rings. The SMILES string of the molecule is C=Cc1cc(C(C)(C)c2ccc(O)cc2)ccc1OO[SiH](C)C.O=C(c1ccccc1)c1ccccc1. The van der Waals surface area contributed by atoms with E-state index in [0.717, 1.165) is 27.8 Å². The number of aromatic hydroxyl groups is 1. The summed E-state index contributed by atoms with van der Waals surface area (Å²) in [6, 6.07) is 32.0. The van der Waals surface area contributed by atoms with E-state index in [2.05, 4.69) is 39.6 Å². The lowest BCUT2D eigenvalue weighted by Gasteiger charge is -2.27. The normalized spacial score (nSPS) is 10.8. The van der Waals surface area contributed by atoms with Crippen LogP contribution < -0.4 is 4.89 Å². The molecule has 0 aliphatic heterocycles. The first kappa shape index (κ1) is 27.7. The maximum atomic E-state index is 11.8. The van der Waals surface area contributed by atoms with Gasteiger partial charge in [-0.25, -0.2) is 4.58 Å². The Hall–Kier alpha value is -3.93. The summed E-state index contributed by atoms with van der Waals surface area (Å²) in [6.07, 6.45) is 1.77. The highest BCUT2D eigenvalue weighted by Gasteiger charge is 2.24. The molecule has 0 spiro atoms. The average Bonchev–Trinajstić information content (AvgIpc) is 2.93. The van der Waals surface area contributed by atoms with Crippen LogP contribution in [0.15, 0.2) is 110 Å². The number of ketones is 1. The molecular weight excluding hydrogens is 476 g/mol. The highest BCUT2D eigenvalue weighted by molar-refractivity contribution is 6.48. The number of phenolic OH excluding ortho intramolecular Hbond substituents is 1. The van der Waals surface area contributed by atoms with Crippen LogP contribution in [-0.2, 0) is 9.99 Å². The van der Waals surface area contributed by atoms with Crippen molar-refractivity contribution in [1.29, 1.82) is 0 Å². The van der Waals surface area contributed by atoms with Gasteiger partial charge >= 0.3 is 0 Å². The number of carbonyl (C=O) groups is 1. The van der Waals surface area contributed by atoms with Crippen molar-refractivity contribution >= 4 is 20.9 Å². The second-order valence-electron chi connectivity index (χ2n) is 9.42. The van der Waals surface area contributed by atoms with Crippen molar-refractivity contribution in [1.82, 2.24) is 0 Å². The number of carbonyl (C=O) groups excluding carboxylic acids is 1. The molecule has 0 aliphatic carbocycles. The Bertz CT molecular complexity index is 1260. The highest BCUT2D eigenvalue weighted by atomic mass is 28.3. The minimum absolute atomic E-state index is 0.0752. The predicted molar refractivity (Wildman–Crippen MR) is 154 cm³/mol. The van der Waals surface area contributed by atoms with Gasteiger partial charge in [-0.3, -0.25) is 4.79 Å². The number of hydrogen-bond acceptors (Lipinski definition) is 4. The first-order valence-electron chi connectivity index (χ1n) is 12.3. The van der Waals surface area contributed by atoms with Crippen molar-refractivity contribution < 1.29 is 19.4 Å². The number of hydrogen-bond donors (Lipinski definition) is 1. The van der Waals surface area contributed by atoms with Crippen molar-refractivity contribution in [3.63, 3.8) is 0 Å². The second-order valence-corrected chi connectivity index (χ2v) is 11.7. The summed E-state index contributed by atoms with van der Waals surface area (Å²) in [5, 5.41) is 9.47. The molecule has 4 aromatic carbocycles. The highest BCUT2D eigenvalue weighted by Crippen LogP contribution is 2.35. The molecule has 0 fully saturated rings. The molecule has 37 heavy (non-hydrogen) atoms. The van der Waals surface area contributed by atoms with Crippen LogP contribution in [0.5, 0.6) is 11.5 Å². The molecule has 0 radical (unpaired) electrons. The van der Waals surface area contributed by atoms with Crippen LogP contribution in [0.1, 0.15) is 46.5 Å². The molecular formula is C32H34O4Si. The fraction of sp³-hybridized carbons (Fsp3) is 0.156. The number of rotatable bonds is 8. The zero-order valence-corrected chi connectivity index (χ0v) is 23.0. The van der Waals surface area contributed by atoms with Gasteiger partial charge in [0.05, 0.1) is 0 Å². The van der Waals surface area contributed by atoms with E-state index in [-0.39, 0.29) is 16.9 Å². The van der Waals surface area contributed by atoms with E-state index in [9.17, 15) is 9.90 Å². The molecule has 0 aromatic heterocycles. The molecule has 4 nitrogen and oxygen atoms in total. The zero-order valence-electron chi connectivity index (χ0n) is 21.8. The summed E-state index contributed by atoms with van der Waals surface area (Å²) in [5.41, 5.74) is 4.45. The molecule has 4 rings (SSSR count). The summed E-state index contributed by atoms with van der Waals surface area (Å²) >= 11 is 0. The Balaban J connectivity index is 0.000000231. The Labute approximate surface area is 221 Å². The lowest BCUT2D eigenvalue weighted by Crippen LogP contribution is -2.19. The van der Waals surface area contributed by atoms with Crippen LogP contribution in [0.2, 0.25) is 13.1 Å². The zero-order chi connectivity index (χ0) is 26.8. The quantitative estimate of drug-likeness (QED) is 0.115. The summed E-state index contributed by atoms with van der Waals surface area (Å²) in [4.78, 5) is 17.3. The molecule has 0 bridgehead atoms. The van der Waals surface area contributed by atoms with E-state index >= 15 is 0 Å². The van der Waals surface area contributed by atoms with Crippen molar-refractivity contribution in [3.8, 4) is 11.5 Å². The van der Waals surface area contributed by atoms with Gasteiger partial charge in [0.1, 0.15) is 5.75 Å². The average molecular weight is 511 g/mol. The molecule has 4 aromatic rings. The van der Waals surface area contributed by atoms with Crippen LogP contribution in [-0.4, -0.2) is 19.9 Å². The third kappa shape index (κ3) is 7.53. The molecule has 0 amide bonds. The topological polar surface area (TPSA) is 55.8 Å². The third-order valence-electron chi connectivity index (χ3n) is 5.94. The standard InChI is InChI=1S/C19H24O3Si.C13H10O/c1-6-14-13-16(9-12-18(14)21-22-23(4)5)19(2,3)15-7-10-17(20)11-8-15;14-13(11-7-3-1-4-8-11)12-9-5-2-6-10-12/h6-13,20,23H,1H2,2-5H3;1-10H. The van der Waals surface area contributed by atoms with Crippen molar-refractivity contribution in [2.75, 3.05) is 0 Å². The Kier molecular flexibility index (Phi) is 9.61. The Morgan fingerprint density at radius 2 is 1.32 bits per heavy atom. The maximum absolute atomic E-state index is 11.8. The van der Waals surface area contributed by atoms with Gasteiger partial charge in [0.25, 0.3) is 0 Å². The summed E-state index contributed by atoms with van der Waals surface area (Å²) in [6.45, 7) is 12.3. The summed E-state index contributed by atoms with van der Waals surface area (Å²) in [7, 11) is -1.25. The molecule has 0 saturated carbocycles. The van der Waals surface area contributed by atoms with Crippen LogP contribution in [0.25, 0.3) is 6.08 Å². The van der Waals surface area contributed by atoms with Gasteiger partial charge in [0.15, 0.2) is 11.5 Å². The van der Waals surface area contributed by atoms with Gasteiger partial charge in [-0.15, -0.1) is 0 Å². The van der Waals surface area contributed by atoms with Crippen LogP contribution >= 0.6 is 0 Å². The molecule has 190 valence electrons. The molecule has 0 atom stereocenters. The van der Waals surface area contributed by atoms with Crippen LogP contribution in [0.3, 0.4) is 0 Å². The summed E-state index contributed by atoms with van der Waals surface area (Å²) in [5.74, 6) is 1.03. The van der Waals surface area contributed by atoms with Gasteiger partial charge in [-0.05, 0) is 48.5 Å². The number of benzene rings is 4. The van der Waals surface area contributed by atoms with E-state index in [0.29, 0.717) is 5.75 Å². The van der Waals surface area contributed by atoms with Crippen LogP contribution in [0, 0.1) is 0 Å². The fourth-order valence-corrected chi connectivity index (χ4v) is 4.01. The van der Waals surface area contributed by atoms with Gasteiger partial charge in [0.2, 0.25) is 9.04 Å². The van der Waals surface area contributed by atoms with E-state index in [1.54, 1.807) is 18.2 Å². The van der Waals surface area contributed by atoms with Crippen molar-refractivity contribution in [2.24, 2.45) is 0 Å². The van der Waals surface area contributed by atoms with Gasteiger partial charge < -0.3 is 9.99 Å². The minimum Gasteiger partial charge on any atom is -0.508 e. The molecule has 0 heterocycles. The first-order chi connectivity index (χ1) is 17.7. The predicted octanol–water partition coefficient (Wildman–Crippen LogP) is 7.57. The van der Waals surface area contributed by atoms with E-state index in [1.165, 1.54) is 0 Å². The Morgan fingerprint density at radius 1 is 0.811 bits per heavy atom. The fourth-order valence-electron chi connectivity index (χ4n) is 3.71. The van der Waals surface area contributed by atoms with E-state index < -0.39 is 9.04 Å². The van der Waals surface area contributed by atoms with E-state index in [1.807, 2.05) is 84.9 Å². The largest absolute Gasteiger partial charge is 0.508 e. The smallest absolute Gasteiger partial charge is 0.233 e. The van der Waals surface area contributed by atoms with Gasteiger partial charge in [-0.2, -0.15) is 0 Å². The Morgan fingerprint density at radius 3 is 1.81 bits per heavy atom. The minimum atomic E-state index is -1.25. The van der Waals surface area contributed by atoms with Crippen molar-refractivity contribution in [2.45, 2.75) is 32.4 Å². The lowest BCUT2D eigenvalue weighted by atomic mass is 9.77. The molecule has 1 N–H and O–H groups in total. The molecule has 0 unspecified atom stereocenters. The van der Waals surface area contributed by atoms with E-state index in [4.69, 9.17) is 9.46 Å². The lowest BCUT2D eigenvalue weighted by molar-refractivity contribution is -0.104. The molecule has 5 heteroatoms. The maximum Gasteiger partial charge on any atom is 0.233 e. The summed E-state index contributed by atoms with van der Waals surface area (Å²) < 4.78 is 5.36. The van der Waals surface area contributed by atoms with Crippen molar-refractivity contribution in [3.05, 3.63) is 138 Å². The molecule has 0 saturated heterocycles. The van der Waals surface area contributed by atoms with Crippen LogP contribution in [0.4, 0.5) is 0 Å². The van der Waals surface area contributed by atoms with Gasteiger partial charge in [-0.1, -0.05) is 105 Å².